The molecule has 3 rings (SSSR count). The maximum absolute atomic E-state index is 11.2. The molecule has 0 saturated carbocycles. The van der Waals surface area contributed by atoms with Gasteiger partial charge in [-0.2, -0.15) is 0 Å². The van der Waals surface area contributed by atoms with E-state index >= 15 is 0 Å². The number of rotatable bonds is 3. The SMILES string of the molecule is O=C1Oc2c(OC(O)CCl)c3cc1c2o3. The Hall–Kier alpha value is -1.46. The molecular formula is C9H5ClO5. The van der Waals surface area contributed by atoms with Gasteiger partial charge in [0.2, 0.25) is 17.8 Å². The molecule has 0 aromatic carbocycles. The van der Waals surface area contributed by atoms with Crippen LogP contribution in [0.3, 0.4) is 0 Å². The Balaban J connectivity index is 2.05. The Morgan fingerprint density at radius 3 is 3.13 bits per heavy atom. The summed E-state index contributed by atoms with van der Waals surface area (Å²) in [4.78, 5) is 11.2. The molecule has 2 aromatic rings. The smallest absolute Gasteiger partial charge is 0.347 e. The number of benzene rings is 1. The maximum Gasteiger partial charge on any atom is 0.347 e. The van der Waals surface area contributed by atoms with Crippen LogP contribution in [0.4, 0.5) is 0 Å². The topological polar surface area (TPSA) is 68.9 Å². The molecule has 0 fully saturated rings. The molecule has 1 aliphatic rings. The molecule has 0 amide bonds. The molecule has 2 bridgehead atoms. The number of hydrogen-bond acceptors (Lipinski definition) is 5. The van der Waals surface area contributed by atoms with Gasteiger partial charge in [0.25, 0.3) is 0 Å². The van der Waals surface area contributed by atoms with Crippen LogP contribution >= 0.6 is 11.6 Å². The number of aliphatic hydroxyl groups is 1. The average Bonchev–Trinajstić information content (AvgIpc) is 2.81. The summed E-state index contributed by atoms with van der Waals surface area (Å²) in [5, 5.41) is 9.21. The summed E-state index contributed by atoms with van der Waals surface area (Å²) >= 11 is 5.38. The number of furan rings is 2. The molecule has 0 aliphatic carbocycles. The molecule has 0 spiro atoms. The van der Waals surface area contributed by atoms with Crippen LogP contribution < -0.4 is 9.47 Å². The third-order valence-corrected chi connectivity index (χ3v) is 2.43. The largest absolute Gasteiger partial charge is 0.456 e. The van der Waals surface area contributed by atoms with Crippen LogP contribution in [0.2, 0.25) is 0 Å². The Bertz CT molecular complexity index is 531. The lowest BCUT2D eigenvalue weighted by molar-refractivity contribution is 0.00193. The second-order valence-corrected chi connectivity index (χ2v) is 3.44. The van der Waals surface area contributed by atoms with Crippen LogP contribution in [0, 0.1) is 0 Å². The first-order valence-electron chi connectivity index (χ1n) is 4.22. The fraction of sp³-hybridized carbons (Fsp3) is 0.222. The number of esters is 1. The highest BCUT2D eigenvalue weighted by Crippen LogP contribution is 2.49. The van der Waals surface area contributed by atoms with E-state index in [0.29, 0.717) is 16.7 Å². The zero-order valence-electron chi connectivity index (χ0n) is 7.32. The predicted molar refractivity (Wildman–Crippen MR) is 49.7 cm³/mol. The second-order valence-electron chi connectivity index (χ2n) is 3.13. The molecule has 2 aromatic heterocycles. The van der Waals surface area contributed by atoms with Crippen molar-refractivity contribution in [3.8, 4) is 11.5 Å². The van der Waals surface area contributed by atoms with Crippen LogP contribution in [-0.2, 0) is 0 Å². The molecule has 5 nitrogen and oxygen atoms in total. The van der Waals surface area contributed by atoms with E-state index in [2.05, 4.69) is 0 Å². The lowest BCUT2D eigenvalue weighted by atomic mass is 10.2. The summed E-state index contributed by atoms with van der Waals surface area (Å²) < 4.78 is 15.2. The number of alkyl halides is 1. The highest BCUT2D eigenvalue weighted by Gasteiger charge is 2.36. The average molecular weight is 229 g/mol. The number of halogens is 1. The number of aliphatic hydroxyl groups excluding tert-OH is 1. The summed E-state index contributed by atoms with van der Waals surface area (Å²) in [5.74, 6) is -0.0810. The van der Waals surface area contributed by atoms with Gasteiger partial charge in [-0.25, -0.2) is 4.79 Å². The third-order valence-electron chi connectivity index (χ3n) is 2.17. The van der Waals surface area contributed by atoms with Crippen molar-refractivity contribution in [1.29, 1.82) is 0 Å². The van der Waals surface area contributed by atoms with Gasteiger partial charge in [-0.05, 0) is 0 Å². The quantitative estimate of drug-likeness (QED) is 0.488. The predicted octanol–water partition coefficient (Wildman–Crippen LogP) is 1.34. The van der Waals surface area contributed by atoms with Crippen LogP contribution in [0.15, 0.2) is 10.5 Å². The summed E-state index contributed by atoms with van der Waals surface area (Å²) in [7, 11) is 0. The van der Waals surface area contributed by atoms with Crippen molar-refractivity contribution < 1.29 is 23.8 Å². The highest BCUT2D eigenvalue weighted by molar-refractivity contribution is 6.18. The fourth-order valence-electron chi connectivity index (χ4n) is 1.56. The molecule has 3 heterocycles. The standard InChI is InChI=1S/C9H5ClO5/c10-2-5(11)14-7-4-1-3-6(13-4)8(7)15-9(3)12/h1,5,11H,2H2. The van der Waals surface area contributed by atoms with Crippen molar-refractivity contribution in [2.75, 3.05) is 5.88 Å². The molecule has 78 valence electrons. The normalized spacial score (nSPS) is 16.0. The van der Waals surface area contributed by atoms with Gasteiger partial charge >= 0.3 is 5.97 Å². The monoisotopic (exact) mass is 228 g/mol. The van der Waals surface area contributed by atoms with E-state index in [-0.39, 0.29) is 17.4 Å². The Morgan fingerprint density at radius 1 is 1.60 bits per heavy atom. The summed E-state index contributed by atoms with van der Waals surface area (Å²) in [5.41, 5.74) is 1.14. The Morgan fingerprint density at radius 2 is 2.40 bits per heavy atom. The van der Waals surface area contributed by atoms with Crippen molar-refractivity contribution >= 4 is 28.7 Å². The number of carbonyl (C=O) groups is 1. The van der Waals surface area contributed by atoms with Crippen molar-refractivity contribution in [3.05, 3.63) is 11.6 Å². The zero-order chi connectivity index (χ0) is 10.6. The molecule has 1 aliphatic heterocycles. The molecular weight excluding hydrogens is 224 g/mol. The molecule has 15 heavy (non-hydrogen) atoms. The number of fused-ring (bicyclic) bond motifs is 1. The minimum Gasteiger partial charge on any atom is -0.456 e. The number of ether oxygens (including phenoxy) is 2. The van der Waals surface area contributed by atoms with Crippen LogP contribution in [0.1, 0.15) is 10.4 Å². The first-order valence-corrected chi connectivity index (χ1v) is 4.76. The van der Waals surface area contributed by atoms with E-state index in [4.69, 9.17) is 25.5 Å². The molecule has 0 saturated heterocycles. The molecule has 6 heteroatoms. The van der Waals surface area contributed by atoms with Gasteiger partial charge in [0.1, 0.15) is 5.56 Å². The van der Waals surface area contributed by atoms with Gasteiger partial charge in [-0.1, -0.05) is 0 Å². The van der Waals surface area contributed by atoms with Crippen molar-refractivity contribution in [2.24, 2.45) is 0 Å². The fourth-order valence-corrected chi connectivity index (χ4v) is 1.62. The van der Waals surface area contributed by atoms with Crippen molar-refractivity contribution in [2.45, 2.75) is 6.29 Å². The van der Waals surface area contributed by atoms with E-state index in [9.17, 15) is 9.90 Å². The molecule has 1 atom stereocenters. The number of hydrogen-bond donors (Lipinski definition) is 1. The van der Waals surface area contributed by atoms with E-state index in [1.54, 1.807) is 0 Å². The summed E-state index contributed by atoms with van der Waals surface area (Å²) in [6.45, 7) is 0. The number of carbonyl (C=O) groups excluding carboxylic acids is 1. The lowest BCUT2D eigenvalue weighted by Gasteiger charge is -2.08. The zero-order valence-corrected chi connectivity index (χ0v) is 8.08. The minimum atomic E-state index is -1.15. The lowest BCUT2D eigenvalue weighted by Crippen LogP contribution is -2.17. The Kier molecular flexibility index (Phi) is 1.63. The molecule has 1 N–H and O–H groups in total. The first-order chi connectivity index (χ1) is 7.20. The van der Waals surface area contributed by atoms with Gasteiger partial charge in [0.05, 0.1) is 5.88 Å². The van der Waals surface area contributed by atoms with Crippen LogP contribution in [-0.4, -0.2) is 23.2 Å². The van der Waals surface area contributed by atoms with E-state index in [0.717, 1.165) is 0 Å². The minimum absolute atomic E-state index is 0.0795. The van der Waals surface area contributed by atoms with Crippen molar-refractivity contribution in [1.82, 2.24) is 0 Å². The van der Waals surface area contributed by atoms with Gasteiger partial charge in [0, 0.05) is 6.07 Å². The van der Waals surface area contributed by atoms with Crippen LogP contribution in [0.5, 0.6) is 11.5 Å². The Labute approximate surface area is 88.5 Å². The molecule has 1 unspecified atom stereocenters. The summed E-state index contributed by atoms with van der Waals surface area (Å²) in [6, 6.07) is 1.52. The second kappa shape index (κ2) is 2.77. The van der Waals surface area contributed by atoms with Gasteiger partial charge in [-0.15, -0.1) is 11.6 Å². The highest BCUT2D eigenvalue weighted by atomic mass is 35.5. The van der Waals surface area contributed by atoms with Gasteiger partial charge in [0.15, 0.2) is 11.2 Å². The maximum atomic E-state index is 11.2. The molecule has 0 radical (unpaired) electrons. The van der Waals surface area contributed by atoms with E-state index < -0.39 is 12.3 Å². The third kappa shape index (κ3) is 1.04. The van der Waals surface area contributed by atoms with E-state index in [1.807, 2.05) is 0 Å². The van der Waals surface area contributed by atoms with Crippen LogP contribution in [0.25, 0.3) is 11.2 Å². The van der Waals surface area contributed by atoms with E-state index in [1.165, 1.54) is 6.07 Å². The van der Waals surface area contributed by atoms with Gasteiger partial charge < -0.3 is 19.0 Å². The summed E-state index contributed by atoms with van der Waals surface area (Å²) in [6.07, 6.45) is -1.15. The van der Waals surface area contributed by atoms with Gasteiger partial charge in [-0.3, -0.25) is 0 Å². The first kappa shape index (κ1) is 8.82. The van der Waals surface area contributed by atoms with Crippen molar-refractivity contribution in [3.63, 3.8) is 0 Å².